The van der Waals surface area contributed by atoms with Gasteiger partial charge in [0.2, 0.25) is 0 Å². The minimum Gasteiger partial charge on any atom is -0.371 e. The maximum absolute atomic E-state index is 5.15. The number of unbranched alkanes of at least 4 members (excludes halogenated alkanes) is 2. The molecule has 0 aliphatic carbocycles. The average molecular weight is 264 g/mol. The Bertz CT molecular complexity index is 175. The number of hydrogen-bond acceptors (Lipinski definition) is 3. The smallest absolute Gasteiger partial charge is 0.140 e. The van der Waals surface area contributed by atoms with Gasteiger partial charge in [-0.2, -0.15) is 0 Å². The lowest BCUT2D eigenvalue weighted by Gasteiger charge is -2.08. The highest BCUT2D eigenvalue weighted by Gasteiger charge is 2.01. The molecule has 0 aliphatic heterocycles. The quantitative estimate of drug-likeness (QED) is 0.567. The molecule has 5 heteroatoms. The molecular formula is C10H20N2S3. The van der Waals surface area contributed by atoms with Crippen molar-refractivity contribution < 1.29 is 0 Å². The summed E-state index contributed by atoms with van der Waals surface area (Å²) in [6, 6.07) is 0. The Morgan fingerprint density at radius 2 is 1.33 bits per heavy atom. The van der Waals surface area contributed by atoms with Crippen LogP contribution in [0.15, 0.2) is 0 Å². The Labute approximate surface area is 108 Å². The minimum absolute atomic E-state index is 0.775. The highest BCUT2D eigenvalue weighted by Crippen LogP contribution is 2.04. The molecule has 0 amide bonds. The summed E-state index contributed by atoms with van der Waals surface area (Å²) in [4.78, 5) is 0. The second kappa shape index (κ2) is 10.6. The fraction of sp³-hybridized carbons (Fsp3) is 0.800. The van der Waals surface area contributed by atoms with Gasteiger partial charge in [-0.15, -0.1) is 0 Å². The molecule has 0 aliphatic rings. The molecule has 0 fully saturated rings. The SMILES string of the molecule is CCCCNC(=S)SC(=S)NCCCC. The van der Waals surface area contributed by atoms with Crippen LogP contribution in [-0.2, 0) is 0 Å². The Kier molecular flexibility index (Phi) is 10.7. The number of hydrogen-bond donors (Lipinski definition) is 2. The maximum atomic E-state index is 5.15. The molecule has 0 saturated heterocycles. The van der Waals surface area contributed by atoms with Crippen molar-refractivity contribution in [1.82, 2.24) is 10.6 Å². The van der Waals surface area contributed by atoms with Crippen LogP contribution in [0, 0.1) is 0 Å². The zero-order valence-corrected chi connectivity index (χ0v) is 11.9. The Morgan fingerprint density at radius 1 is 0.933 bits per heavy atom. The van der Waals surface area contributed by atoms with Crippen LogP contribution in [0.3, 0.4) is 0 Å². The van der Waals surface area contributed by atoms with Crippen LogP contribution < -0.4 is 10.6 Å². The third kappa shape index (κ3) is 10.4. The third-order valence-corrected chi connectivity index (χ3v) is 3.23. The highest BCUT2D eigenvalue weighted by atomic mass is 32.2. The van der Waals surface area contributed by atoms with Crippen LogP contribution in [-0.4, -0.2) is 21.7 Å². The molecule has 0 rings (SSSR count). The zero-order chi connectivity index (χ0) is 11.5. The Balaban J connectivity index is 3.45. The van der Waals surface area contributed by atoms with E-state index in [1.165, 1.54) is 24.6 Å². The molecule has 2 N–H and O–H groups in total. The molecule has 0 bridgehead atoms. The lowest BCUT2D eigenvalue weighted by Crippen LogP contribution is -2.26. The van der Waals surface area contributed by atoms with Gasteiger partial charge in [-0.1, -0.05) is 51.1 Å². The molecule has 0 radical (unpaired) electrons. The molecule has 2 nitrogen and oxygen atoms in total. The first-order valence-corrected chi connectivity index (χ1v) is 7.07. The monoisotopic (exact) mass is 264 g/mol. The topological polar surface area (TPSA) is 24.1 Å². The molecule has 0 saturated carbocycles. The van der Waals surface area contributed by atoms with E-state index in [2.05, 4.69) is 24.5 Å². The van der Waals surface area contributed by atoms with Crippen LogP contribution in [0.5, 0.6) is 0 Å². The van der Waals surface area contributed by atoms with Gasteiger partial charge in [-0.3, -0.25) is 0 Å². The maximum Gasteiger partial charge on any atom is 0.140 e. The van der Waals surface area contributed by atoms with Crippen LogP contribution in [0.4, 0.5) is 0 Å². The van der Waals surface area contributed by atoms with Crippen LogP contribution >= 0.6 is 36.2 Å². The third-order valence-electron chi connectivity index (χ3n) is 1.78. The molecule has 0 heterocycles. The zero-order valence-electron chi connectivity index (χ0n) is 9.47. The van der Waals surface area contributed by atoms with E-state index >= 15 is 0 Å². The van der Waals surface area contributed by atoms with E-state index in [1.54, 1.807) is 0 Å². The molecule has 15 heavy (non-hydrogen) atoms. The number of thioether (sulfide) groups is 1. The molecule has 88 valence electrons. The highest BCUT2D eigenvalue weighted by molar-refractivity contribution is 8.37. The number of thiocarbonyl (C=S) groups is 2. The van der Waals surface area contributed by atoms with Crippen molar-refractivity contribution >= 4 is 44.8 Å². The summed E-state index contributed by atoms with van der Waals surface area (Å²) in [6.45, 7) is 6.21. The molecule has 0 atom stereocenters. The minimum atomic E-state index is 0.775. The molecule has 0 aromatic rings. The predicted molar refractivity (Wildman–Crippen MR) is 78.6 cm³/mol. The summed E-state index contributed by atoms with van der Waals surface area (Å²) in [6.07, 6.45) is 4.66. The van der Waals surface area contributed by atoms with Crippen molar-refractivity contribution in [1.29, 1.82) is 0 Å². The van der Waals surface area contributed by atoms with Crippen molar-refractivity contribution in [2.24, 2.45) is 0 Å². The molecule has 0 aromatic carbocycles. The summed E-state index contributed by atoms with van der Waals surface area (Å²) < 4.78 is 1.55. The second-order valence-electron chi connectivity index (χ2n) is 3.24. The first-order chi connectivity index (χ1) is 7.20. The van der Waals surface area contributed by atoms with E-state index in [9.17, 15) is 0 Å². The fourth-order valence-electron chi connectivity index (χ4n) is 0.891. The average Bonchev–Trinajstić information content (AvgIpc) is 2.18. The van der Waals surface area contributed by atoms with Crippen molar-refractivity contribution in [2.75, 3.05) is 13.1 Å². The van der Waals surface area contributed by atoms with E-state index in [0.717, 1.165) is 34.6 Å². The van der Waals surface area contributed by atoms with Crippen LogP contribution in [0.1, 0.15) is 39.5 Å². The largest absolute Gasteiger partial charge is 0.371 e. The molecular weight excluding hydrogens is 244 g/mol. The Hall–Kier alpha value is 0.130. The van der Waals surface area contributed by atoms with Gasteiger partial charge in [-0.25, -0.2) is 0 Å². The van der Waals surface area contributed by atoms with Gasteiger partial charge in [0.1, 0.15) is 8.64 Å². The summed E-state index contributed by atoms with van der Waals surface area (Å²) in [7, 11) is 0. The summed E-state index contributed by atoms with van der Waals surface area (Å²) in [5.41, 5.74) is 0. The molecule has 0 unspecified atom stereocenters. The van der Waals surface area contributed by atoms with Gasteiger partial charge in [-0.05, 0) is 24.6 Å². The number of rotatable bonds is 6. The number of nitrogens with one attached hydrogen (secondary N) is 2. The fourth-order valence-corrected chi connectivity index (χ4v) is 2.27. The van der Waals surface area contributed by atoms with Crippen molar-refractivity contribution in [3.63, 3.8) is 0 Å². The van der Waals surface area contributed by atoms with Gasteiger partial charge in [0.25, 0.3) is 0 Å². The van der Waals surface area contributed by atoms with Crippen molar-refractivity contribution in [3.8, 4) is 0 Å². The van der Waals surface area contributed by atoms with Crippen molar-refractivity contribution in [2.45, 2.75) is 39.5 Å². The van der Waals surface area contributed by atoms with E-state index in [-0.39, 0.29) is 0 Å². The van der Waals surface area contributed by atoms with E-state index in [1.807, 2.05) is 0 Å². The van der Waals surface area contributed by atoms with Gasteiger partial charge in [0, 0.05) is 13.1 Å². The first-order valence-electron chi connectivity index (χ1n) is 5.44. The summed E-state index contributed by atoms with van der Waals surface area (Å²) in [5, 5.41) is 6.34. The Morgan fingerprint density at radius 3 is 1.67 bits per heavy atom. The lowest BCUT2D eigenvalue weighted by atomic mass is 10.3. The van der Waals surface area contributed by atoms with Crippen LogP contribution in [0.25, 0.3) is 0 Å². The van der Waals surface area contributed by atoms with E-state index < -0.39 is 0 Å². The van der Waals surface area contributed by atoms with Gasteiger partial charge >= 0.3 is 0 Å². The first kappa shape index (κ1) is 15.1. The normalized spacial score (nSPS) is 9.73. The standard InChI is InChI=1S/C10H20N2S3/c1-3-5-7-11-9(13)15-10(14)12-8-6-4-2/h3-8H2,1-2H3,(H,11,13)(H,12,14). The molecule has 0 spiro atoms. The lowest BCUT2D eigenvalue weighted by molar-refractivity contribution is 0.761. The van der Waals surface area contributed by atoms with Crippen LogP contribution in [0.2, 0.25) is 0 Å². The van der Waals surface area contributed by atoms with E-state index in [4.69, 9.17) is 24.4 Å². The summed E-state index contributed by atoms with van der Waals surface area (Å²) >= 11 is 11.7. The second-order valence-corrected chi connectivity index (χ2v) is 5.59. The van der Waals surface area contributed by atoms with Gasteiger partial charge in [0.05, 0.1) is 0 Å². The van der Waals surface area contributed by atoms with E-state index in [0.29, 0.717) is 0 Å². The predicted octanol–water partition coefficient (Wildman–Crippen LogP) is 3.07. The van der Waals surface area contributed by atoms with Gasteiger partial charge < -0.3 is 10.6 Å². The van der Waals surface area contributed by atoms with Crippen molar-refractivity contribution in [3.05, 3.63) is 0 Å². The van der Waals surface area contributed by atoms with Gasteiger partial charge in [0.15, 0.2) is 0 Å². The summed E-state index contributed by atoms with van der Waals surface area (Å²) in [5.74, 6) is 0. The molecule has 0 aromatic heterocycles.